The Labute approximate surface area is 189 Å². The highest BCUT2D eigenvalue weighted by atomic mass is 35.5. The zero-order valence-corrected chi connectivity index (χ0v) is 18.4. The van der Waals surface area contributed by atoms with Crippen molar-refractivity contribution < 1.29 is 17.6 Å². The number of rotatable bonds is 4. The molecule has 1 amide bonds. The van der Waals surface area contributed by atoms with Crippen molar-refractivity contribution >= 4 is 50.5 Å². The highest BCUT2D eigenvalue weighted by Gasteiger charge is 2.26. The second kappa shape index (κ2) is 8.49. The summed E-state index contributed by atoms with van der Waals surface area (Å²) in [5.74, 6) is -0.679. The van der Waals surface area contributed by atoms with Crippen molar-refractivity contribution in [2.75, 3.05) is 16.2 Å². The molecule has 0 bridgehead atoms. The number of carbonyl (C=O) groups excluding carboxylic acids is 1. The maximum absolute atomic E-state index is 13.2. The third-order valence-electron chi connectivity index (χ3n) is 4.99. The van der Waals surface area contributed by atoms with Gasteiger partial charge in [-0.1, -0.05) is 23.2 Å². The molecule has 1 N–H and O–H groups in total. The van der Waals surface area contributed by atoms with Crippen LogP contribution in [0.1, 0.15) is 22.3 Å². The van der Waals surface area contributed by atoms with Crippen LogP contribution in [0.25, 0.3) is 0 Å². The van der Waals surface area contributed by atoms with Crippen LogP contribution in [0, 0.1) is 5.82 Å². The Balaban J connectivity index is 1.63. The number of amides is 1. The molecule has 0 saturated heterocycles. The van der Waals surface area contributed by atoms with Crippen LogP contribution in [-0.4, -0.2) is 20.9 Å². The van der Waals surface area contributed by atoms with E-state index >= 15 is 0 Å². The number of benzene rings is 3. The Morgan fingerprint density at radius 3 is 2.45 bits per heavy atom. The lowest BCUT2D eigenvalue weighted by Crippen LogP contribution is -2.35. The summed E-state index contributed by atoms with van der Waals surface area (Å²) in [5.41, 5.74) is 1.97. The molecule has 0 aromatic heterocycles. The molecule has 0 saturated carbocycles. The minimum Gasteiger partial charge on any atom is -0.308 e. The van der Waals surface area contributed by atoms with Gasteiger partial charge in [-0.2, -0.15) is 0 Å². The van der Waals surface area contributed by atoms with Crippen molar-refractivity contribution in [3.05, 3.63) is 87.7 Å². The van der Waals surface area contributed by atoms with Gasteiger partial charge in [-0.05, 0) is 79.1 Å². The van der Waals surface area contributed by atoms with Gasteiger partial charge in [0.2, 0.25) is 0 Å². The molecule has 0 fully saturated rings. The van der Waals surface area contributed by atoms with E-state index in [0.717, 1.165) is 5.56 Å². The van der Waals surface area contributed by atoms with E-state index in [1.54, 1.807) is 17.0 Å². The molecule has 160 valence electrons. The summed E-state index contributed by atoms with van der Waals surface area (Å²) in [5, 5.41) is 0.581. The summed E-state index contributed by atoms with van der Waals surface area (Å²) < 4.78 is 41.4. The normalized spacial score (nSPS) is 13.6. The van der Waals surface area contributed by atoms with Crippen molar-refractivity contribution in [3.63, 3.8) is 0 Å². The molecule has 0 radical (unpaired) electrons. The van der Waals surface area contributed by atoms with Crippen LogP contribution < -0.4 is 9.62 Å². The van der Waals surface area contributed by atoms with E-state index in [1.165, 1.54) is 48.5 Å². The third-order valence-corrected chi connectivity index (χ3v) is 6.90. The second-order valence-electron chi connectivity index (χ2n) is 7.09. The number of carbonyl (C=O) groups is 1. The van der Waals surface area contributed by atoms with Gasteiger partial charge in [-0.15, -0.1) is 0 Å². The van der Waals surface area contributed by atoms with E-state index in [4.69, 9.17) is 23.2 Å². The van der Waals surface area contributed by atoms with Crippen LogP contribution in [0.5, 0.6) is 0 Å². The predicted molar refractivity (Wildman–Crippen MR) is 120 cm³/mol. The van der Waals surface area contributed by atoms with Crippen LogP contribution >= 0.6 is 23.2 Å². The highest BCUT2D eigenvalue weighted by molar-refractivity contribution is 7.92. The van der Waals surface area contributed by atoms with E-state index < -0.39 is 15.8 Å². The summed E-state index contributed by atoms with van der Waals surface area (Å²) in [6, 6.07) is 14.5. The number of halogens is 3. The number of fused-ring (bicyclic) bond motifs is 1. The van der Waals surface area contributed by atoms with Crippen molar-refractivity contribution in [3.8, 4) is 0 Å². The number of nitrogens with one attached hydrogen (secondary N) is 1. The lowest BCUT2D eigenvalue weighted by molar-refractivity contribution is 0.0985. The molecule has 1 aliphatic heterocycles. The highest BCUT2D eigenvalue weighted by Crippen LogP contribution is 2.32. The largest absolute Gasteiger partial charge is 0.308 e. The van der Waals surface area contributed by atoms with Crippen molar-refractivity contribution in [2.45, 2.75) is 17.7 Å². The molecule has 4 rings (SSSR count). The van der Waals surface area contributed by atoms with Gasteiger partial charge in [-0.3, -0.25) is 9.52 Å². The van der Waals surface area contributed by atoms with Crippen LogP contribution in [0.15, 0.2) is 65.6 Å². The zero-order chi connectivity index (χ0) is 22.2. The quantitative estimate of drug-likeness (QED) is 0.536. The molecule has 1 aliphatic rings. The number of nitrogens with zero attached hydrogens (tertiary/aromatic N) is 1. The SMILES string of the molecule is O=C(c1ccc(F)cc1)N1CCCc2cc(S(=O)(=O)Nc3ccc(Cl)cc3Cl)ccc21. The molecule has 3 aromatic rings. The van der Waals surface area contributed by atoms with E-state index in [-0.39, 0.29) is 21.5 Å². The molecule has 0 unspecified atom stereocenters. The van der Waals surface area contributed by atoms with Crippen LogP contribution in [0.3, 0.4) is 0 Å². The van der Waals surface area contributed by atoms with E-state index in [9.17, 15) is 17.6 Å². The Kier molecular flexibility index (Phi) is 5.92. The van der Waals surface area contributed by atoms with E-state index in [0.29, 0.717) is 35.7 Å². The maximum Gasteiger partial charge on any atom is 0.261 e. The Morgan fingerprint density at radius 1 is 1.00 bits per heavy atom. The smallest absolute Gasteiger partial charge is 0.261 e. The molecule has 0 atom stereocenters. The van der Waals surface area contributed by atoms with Gasteiger partial charge in [0.15, 0.2) is 0 Å². The van der Waals surface area contributed by atoms with Gasteiger partial charge in [0.05, 0.1) is 15.6 Å². The van der Waals surface area contributed by atoms with Crippen molar-refractivity contribution in [1.29, 1.82) is 0 Å². The molecule has 0 aliphatic carbocycles. The molecular formula is C22H17Cl2FN2O3S. The average Bonchev–Trinajstić information content (AvgIpc) is 2.75. The number of anilines is 2. The minimum atomic E-state index is -3.90. The monoisotopic (exact) mass is 478 g/mol. The van der Waals surface area contributed by atoms with Gasteiger partial charge in [0, 0.05) is 22.8 Å². The van der Waals surface area contributed by atoms with Gasteiger partial charge in [-0.25, -0.2) is 12.8 Å². The predicted octanol–water partition coefficient (Wildman–Crippen LogP) is 5.53. The first-order chi connectivity index (χ1) is 14.7. The topological polar surface area (TPSA) is 66.5 Å². The van der Waals surface area contributed by atoms with Gasteiger partial charge >= 0.3 is 0 Å². The number of sulfonamides is 1. The summed E-state index contributed by atoms with van der Waals surface area (Å²) >= 11 is 11.9. The van der Waals surface area contributed by atoms with E-state index in [1.807, 2.05) is 0 Å². The fourth-order valence-corrected chi connectivity index (χ4v) is 5.12. The summed E-state index contributed by atoms with van der Waals surface area (Å²) in [6.45, 7) is 0.494. The fourth-order valence-electron chi connectivity index (χ4n) is 3.48. The summed E-state index contributed by atoms with van der Waals surface area (Å²) in [4.78, 5) is 14.6. The zero-order valence-electron chi connectivity index (χ0n) is 16.1. The van der Waals surface area contributed by atoms with Crippen LogP contribution in [0.2, 0.25) is 10.0 Å². The van der Waals surface area contributed by atoms with Gasteiger partial charge in [0.25, 0.3) is 15.9 Å². The first-order valence-electron chi connectivity index (χ1n) is 9.43. The van der Waals surface area contributed by atoms with Crippen molar-refractivity contribution in [1.82, 2.24) is 0 Å². The molecule has 5 nitrogen and oxygen atoms in total. The molecule has 9 heteroatoms. The standard InChI is InChI=1S/C22H17Cl2FN2O3S/c23-16-5-9-20(19(24)13-16)26-31(29,30)18-8-10-21-15(12-18)2-1-11-27(21)22(28)14-3-6-17(25)7-4-14/h3-10,12-13,26H,1-2,11H2. The first-order valence-corrected chi connectivity index (χ1v) is 11.7. The van der Waals surface area contributed by atoms with Gasteiger partial charge in [0.1, 0.15) is 5.82 Å². The number of hydrogen-bond donors (Lipinski definition) is 1. The molecule has 1 heterocycles. The lowest BCUT2D eigenvalue weighted by atomic mass is 10.0. The Morgan fingerprint density at radius 2 is 1.74 bits per heavy atom. The summed E-state index contributed by atoms with van der Waals surface area (Å²) in [7, 11) is -3.90. The lowest BCUT2D eigenvalue weighted by Gasteiger charge is -2.30. The molecular weight excluding hydrogens is 462 g/mol. The number of aryl methyl sites for hydroxylation is 1. The Bertz CT molecular complexity index is 1260. The van der Waals surface area contributed by atoms with Crippen LogP contribution in [0.4, 0.5) is 15.8 Å². The van der Waals surface area contributed by atoms with Gasteiger partial charge < -0.3 is 4.90 Å². The minimum absolute atomic E-state index is 0.0633. The summed E-state index contributed by atoms with van der Waals surface area (Å²) in [6.07, 6.45) is 1.31. The number of hydrogen-bond acceptors (Lipinski definition) is 3. The second-order valence-corrected chi connectivity index (χ2v) is 9.61. The average molecular weight is 479 g/mol. The first kappa shape index (κ1) is 21.6. The molecule has 3 aromatic carbocycles. The maximum atomic E-state index is 13.2. The third kappa shape index (κ3) is 4.54. The van der Waals surface area contributed by atoms with Crippen LogP contribution in [-0.2, 0) is 16.4 Å². The molecule has 0 spiro atoms. The fraction of sp³-hybridized carbons (Fsp3) is 0.136. The van der Waals surface area contributed by atoms with Crippen molar-refractivity contribution in [2.24, 2.45) is 0 Å². The van der Waals surface area contributed by atoms with E-state index in [2.05, 4.69) is 4.72 Å². The molecule has 31 heavy (non-hydrogen) atoms. The Hall–Kier alpha value is -2.61.